The Morgan fingerprint density at radius 1 is 1.08 bits per heavy atom. The van der Waals surface area contributed by atoms with Crippen LogP contribution in [0.25, 0.3) is 5.57 Å². The minimum Gasteiger partial charge on any atom is -0.325 e. The van der Waals surface area contributed by atoms with Crippen LogP contribution in [-0.4, -0.2) is 35.4 Å². The summed E-state index contributed by atoms with van der Waals surface area (Å²) in [5.74, 6) is -1.39. The van der Waals surface area contributed by atoms with Crippen molar-refractivity contribution >= 4 is 17.3 Å². The van der Waals surface area contributed by atoms with Crippen molar-refractivity contribution < 1.29 is 22.8 Å². The van der Waals surface area contributed by atoms with Crippen LogP contribution in [0.3, 0.4) is 0 Å². The number of benzene rings is 1. The van der Waals surface area contributed by atoms with Crippen LogP contribution in [0.15, 0.2) is 59.7 Å². The van der Waals surface area contributed by atoms with E-state index in [2.05, 4.69) is 0 Å². The zero-order valence-electron chi connectivity index (χ0n) is 13.0. The molecule has 24 heavy (non-hydrogen) atoms. The van der Waals surface area contributed by atoms with E-state index in [-0.39, 0.29) is 11.4 Å². The Morgan fingerprint density at radius 2 is 1.71 bits per heavy atom. The van der Waals surface area contributed by atoms with Crippen molar-refractivity contribution in [2.24, 2.45) is 0 Å². The fourth-order valence-corrected chi connectivity index (χ4v) is 3.20. The van der Waals surface area contributed by atoms with Gasteiger partial charge in [0.05, 0.1) is 0 Å². The Balaban J connectivity index is 2.37. The predicted octanol–water partition coefficient (Wildman–Crippen LogP) is 3.30. The van der Waals surface area contributed by atoms with Crippen molar-refractivity contribution in [2.75, 3.05) is 7.05 Å². The van der Waals surface area contributed by atoms with Gasteiger partial charge in [0.15, 0.2) is 5.78 Å². The summed E-state index contributed by atoms with van der Waals surface area (Å²) in [5, 5.41) is 0. The summed E-state index contributed by atoms with van der Waals surface area (Å²) in [6.45, 7) is 1.53. The predicted molar refractivity (Wildman–Crippen MR) is 82.8 cm³/mol. The minimum absolute atomic E-state index is 0.147. The van der Waals surface area contributed by atoms with Gasteiger partial charge in [0.25, 0.3) is 5.91 Å². The third kappa shape index (κ3) is 2.21. The molecule has 124 valence electrons. The fourth-order valence-electron chi connectivity index (χ4n) is 3.20. The highest BCUT2D eigenvalue weighted by molar-refractivity contribution is 6.14. The largest absolute Gasteiger partial charge is 0.422 e. The highest BCUT2D eigenvalue weighted by Gasteiger charge is 2.56. The molecule has 0 radical (unpaired) electrons. The molecule has 0 bridgehead atoms. The molecule has 6 heteroatoms. The number of hydrogen-bond acceptors (Lipinski definition) is 2. The van der Waals surface area contributed by atoms with E-state index in [1.54, 1.807) is 18.2 Å². The summed E-state index contributed by atoms with van der Waals surface area (Å²) in [4.78, 5) is 25.2. The number of allylic oxidation sites excluding steroid dienone is 2. The maximum absolute atomic E-state index is 13.6. The van der Waals surface area contributed by atoms with Gasteiger partial charge in [-0.2, -0.15) is 13.2 Å². The van der Waals surface area contributed by atoms with Crippen molar-refractivity contribution in [2.45, 2.75) is 18.6 Å². The number of ketones is 1. The van der Waals surface area contributed by atoms with Gasteiger partial charge in [-0.1, -0.05) is 30.3 Å². The molecular formula is C18H14F3NO2. The second-order valence-electron chi connectivity index (χ2n) is 5.83. The highest BCUT2D eigenvalue weighted by atomic mass is 19.4. The van der Waals surface area contributed by atoms with E-state index in [0.29, 0.717) is 11.1 Å². The molecule has 3 rings (SSSR count). The molecule has 0 unspecified atom stereocenters. The first-order chi connectivity index (χ1) is 11.2. The molecule has 1 heterocycles. The van der Waals surface area contributed by atoms with Gasteiger partial charge in [0.1, 0.15) is 11.1 Å². The van der Waals surface area contributed by atoms with E-state index in [1.807, 2.05) is 0 Å². The van der Waals surface area contributed by atoms with Gasteiger partial charge in [-0.3, -0.25) is 9.59 Å². The zero-order chi connectivity index (χ0) is 17.7. The van der Waals surface area contributed by atoms with Crippen molar-refractivity contribution in [3.8, 4) is 0 Å². The molecule has 1 atom stereocenters. The number of alkyl halides is 3. The lowest BCUT2D eigenvalue weighted by molar-refractivity contribution is -0.137. The second kappa shape index (κ2) is 5.19. The molecule has 1 aliphatic heterocycles. The van der Waals surface area contributed by atoms with Crippen molar-refractivity contribution in [3.63, 3.8) is 0 Å². The maximum atomic E-state index is 13.6. The first kappa shape index (κ1) is 16.2. The highest BCUT2D eigenvalue weighted by Crippen LogP contribution is 2.49. The van der Waals surface area contributed by atoms with Crippen LogP contribution in [0.5, 0.6) is 0 Å². The van der Waals surface area contributed by atoms with Crippen LogP contribution in [0, 0.1) is 0 Å². The lowest BCUT2D eigenvalue weighted by Crippen LogP contribution is -2.44. The van der Waals surface area contributed by atoms with E-state index in [9.17, 15) is 22.8 Å². The lowest BCUT2D eigenvalue weighted by atomic mass is 9.79. The first-order valence-corrected chi connectivity index (χ1v) is 7.27. The maximum Gasteiger partial charge on any atom is 0.422 e. The average molecular weight is 333 g/mol. The number of nitrogens with zero attached hydrogens (tertiary/aromatic N) is 1. The molecule has 1 amide bonds. The SMILES string of the molecule is CC1=C[C@@]2(C=CC1=O)C(c1ccccc1)=C(C(F)(F)F)C(=O)N2C. The number of carbonyl (C=O) groups excluding carboxylic acids is 2. The Kier molecular flexibility index (Phi) is 3.51. The molecular weight excluding hydrogens is 319 g/mol. The Morgan fingerprint density at radius 3 is 2.25 bits per heavy atom. The van der Waals surface area contributed by atoms with E-state index >= 15 is 0 Å². The monoisotopic (exact) mass is 333 g/mol. The van der Waals surface area contributed by atoms with Crippen LogP contribution in [0.4, 0.5) is 13.2 Å². The van der Waals surface area contributed by atoms with Gasteiger partial charge in [-0.05, 0) is 36.3 Å². The third-order valence-corrected chi connectivity index (χ3v) is 4.38. The molecule has 1 aromatic rings. The normalized spacial score (nSPS) is 24.2. The molecule has 1 spiro atoms. The van der Waals surface area contributed by atoms with Gasteiger partial charge in [-0.25, -0.2) is 0 Å². The second-order valence-corrected chi connectivity index (χ2v) is 5.83. The smallest absolute Gasteiger partial charge is 0.325 e. The number of rotatable bonds is 1. The molecule has 1 aromatic carbocycles. The van der Waals surface area contributed by atoms with Gasteiger partial charge in [0.2, 0.25) is 0 Å². The van der Waals surface area contributed by atoms with Crippen molar-refractivity contribution in [1.29, 1.82) is 0 Å². The van der Waals surface area contributed by atoms with E-state index in [1.165, 1.54) is 44.3 Å². The average Bonchev–Trinajstić information content (AvgIpc) is 2.74. The Bertz CT molecular complexity index is 818. The van der Waals surface area contributed by atoms with Crippen molar-refractivity contribution in [3.05, 3.63) is 65.3 Å². The molecule has 0 fully saturated rings. The molecule has 3 nitrogen and oxygen atoms in total. The molecule has 0 N–H and O–H groups in total. The third-order valence-electron chi connectivity index (χ3n) is 4.38. The summed E-state index contributed by atoms with van der Waals surface area (Å²) in [5.41, 5.74) is -2.16. The van der Waals surface area contributed by atoms with E-state index < -0.39 is 23.2 Å². The van der Waals surface area contributed by atoms with Crippen LogP contribution < -0.4 is 0 Å². The van der Waals surface area contributed by atoms with Crippen LogP contribution in [-0.2, 0) is 9.59 Å². The van der Waals surface area contributed by atoms with Crippen LogP contribution in [0.2, 0.25) is 0 Å². The summed E-state index contributed by atoms with van der Waals surface area (Å²) in [6.07, 6.45) is -0.784. The summed E-state index contributed by atoms with van der Waals surface area (Å²) in [7, 11) is 1.31. The minimum atomic E-state index is -4.79. The summed E-state index contributed by atoms with van der Waals surface area (Å²) < 4.78 is 40.8. The van der Waals surface area contributed by atoms with Crippen LogP contribution in [0.1, 0.15) is 12.5 Å². The molecule has 2 aliphatic rings. The number of halogens is 3. The number of amides is 1. The topological polar surface area (TPSA) is 37.4 Å². The molecule has 0 aromatic heterocycles. The van der Waals surface area contributed by atoms with Gasteiger partial charge >= 0.3 is 6.18 Å². The van der Waals surface area contributed by atoms with Crippen molar-refractivity contribution in [1.82, 2.24) is 4.90 Å². The summed E-state index contributed by atoms with van der Waals surface area (Å²) in [6, 6.07) is 7.97. The number of carbonyl (C=O) groups is 2. The quantitative estimate of drug-likeness (QED) is 0.791. The van der Waals surface area contributed by atoms with Gasteiger partial charge < -0.3 is 4.90 Å². The standard InChI is InChI=1S/C18H14F3NO2/c1-11-10-17(9-8-13(11)23)14(12-6-4-3-5-7-12)15(18(19,20)21)16(24)22(17)2/h3-10H,1-2H3/t17-/m0/s1. The molecule has 0 saturated carbocycles. The zero-order valence-corrected chi connectivity index (χ0v) is 13.0. The number of hydrogen-bond donors (Lipinski definition) is 0. The van der Waals surface area contributed by atoms with E-state index in [0.717, 1.165) is 4.90 Å². The summed E-state index contributed by atoms with van der Waals surface area (Å²) >= 11 is 0. The molecule has 0 saturated heterocycles. The van der Waals surface area contributed by atoms with Gasteiger partial charge in [0, 0.05) is 12.6 Å². The molecule has 1 aliphatic carbocycles. The van der Waals surface area contributed by atoms with Crippen LogP contribution >= 0.6 is 0 Å². The van der Waals surface area contributed by atoms with Gasteiger partial charge in [-0.15, -0.1) is 0 Å². The Labute approximate surface area is 136 Å². The number of likely N-dealkylation sites (N-methyl/N-ethyl adjacent to an activating group) is 1. The fraction of sp³-hybridized carbons (Fsp3) is 0.222. The lowest BCUT2D eigenvalue weighted by Gasteiger charge is -2.35. The first-order valence-electron chi connectivity index (χ1n) is 7.27. The Hall–Kier alpha value is -2.63. The van der Waals surface area contributed by atoms with E-state index in [4.69, 9.17) is 0 Å².